The highest BCUT2D eigenvalue weighted by atomic mass is 79.9. The zero-order chi connectivity index (χ0) is 14.3. The summed E-state index contributed by atoms with van der Waals surface area (Å²) in [6, 6.07) is 4.63. The number of hydrogen-bond donors (Lipinski definition) is 2. The third-order valence-electron chi connectivity index (χ3n) is 2.44. The van der Waals surface area contributed by atoms with Crippen molar-refractivity contribution in [1.82, 2.24) is 10.6 Å². The van der Waals surface area contributed by atoms with E-state index >= 15 is 0 Å². The molecule has 0 atom stereocenters. The van der Waals surface area contributed by atoms with E-state index in [4.69, 9.17) is 0 Å². The molecule has 19 heavy (non-hydrogen) atoms. The zero-order valence-electron chi connectivity index (χ0n) is 11.6. The van der Waals surface area contributed by atoms with Crippen LogP contribution in [0.25, 0.3) is 0 Å². The summed E-state index contributed by atoms with van der Waals surface area (Å²) >= 11 is 3.41. The average Bonchev–Trinajstić information content (AvgIpc) is 2.36. The van der Waals surface area contributed by atoms with Crippen LogP contribution >= 0.6 is 15.9 Å². The lowest BCUT2D eigenvalue weighted by Crippen LogP contribution is -2.39. The van der Waals surface area contributed by atoms with Gasteiger partial charge in [-0.1, -0.05) is 29.8 Å². The number of rotatable bonds is 5. The van der Waals surface area contributed by atoms with E-state index < -0.39 is 0 Å². The van der Waals surface area contributed by atoms with Crippen molar-refractivity contribution in [3.8, 4) is 0 Å². The molecule has 0 spiro atoms. The van der Waals surface area contributed by atoms with Gasteiger partial charge in [0, 0.05) is 17.6 Å². The van der Waals surface area contributed by atoms with Crippen LogP contribution in [0.3, 0.4) is 0 Å². The molecule has 5 heteroatoms. The molecule has 1 aromatic rings. The van der Waals surface area contributed by atoms with Crippen LogP contribution in [0.2, 0.25) is 0 Å². The molecule has 0 saturated carbocycles. The topological polar surface area (TPSA) is 36.4 Å². The van der Waals surface area contributed by atoms with Gasteiger partial charge in [-0.05, 0) is 36.6 Å². The van der Waals surface area contributed by atoms with E-state index in [0.717, 1.165) is 29.1 Å². The highest BCUT2D eigenvalue weighted by molar-refractivity contribution is 9.10. The van der Waals surface area contributed by atoms with E-state index in [2.05, 4.69) is 45.4 Å². The van der Waals surface area contributed by atoms with Gasteiger partial charge in [-0.2, -0.15) is 0 Å². The third-order valence-corrected chi connectivity index (χ3v) is 3.21. The van der Waals surface area contributed by atoms with Crippen LogP contribution in [0.15, 0.2) is 27.7 Å². The number of benzene rings is 1. The van der Waals surface area contributed by atoms with Gasteiger partial charge in [-0.3, -0.25) is 0 Å². The molecule has 0 bridgehead atoms. The standard InChI is InChI=1S/C14H21BrFN3/c1-4-17-14(18-8-10(2)3)19-9-11-7-12(16)5-6-13(11)15/h5-7,10H,4,8-9H2,1-3H3,(H2,17,18,19). The predicted molar refractivity (Wildman–Crippen MR) is 81.8 cm³/mol. The SMILES string of the molecule is CCNC(=NCc1cc(F)ccc1Br)NCC(C)C. The molecule has 0 saturated heterocycles. The fourth-order valence-corrected chi connectivity index (χ4v) is 1.84. The Morgan fingerprint density at radius 3 is 2.74 bits per heavy atom. The van der Waals surface area contributed by atoms with Crippen molar-refractivity contribution in [2.45, 2.75) is 27.3 Å². The summed E-state index contributed by atoms with van der Waals surface area (Å²) in [6.45, 7) is 8.39. The van der Waals surface area contributed by atoms with E-state index in [1.165, 1.54) is 12.1 Å². The minimum Gasteiger partial charge on any atom is -0.357 e. The number of hydrogen-bond acceptors (Lipinski definition) is 1. The first-order valence-electron chi connectivity index (χ1n) is 6.49. The Balaban J connectivity index is 2.70. The lowest BCUT2D eigenvalue weighted by molar-refractivity contribution is 0.614. The first-order chi connectivity index (χ1) is 9.02. The van der Waals surface area contributed by atoms with Crippen LogP contribution in [0.5, 0.6) is 0 Å². The summed E-state index contributed by atoms with van der Waals surface area (Å²) < 4.78 is 14.0. The van der Waals surface area contributed by atoms with E-state index in [9.17, 15) is 4.39 Å². The molecule has 1 rings (SSSR count). The van der Waals surface area contributed by atoms with Gasteiger partial charge < -0.3 is 10.6 Å². The fourth-order valence-electron chi connectivity index (χ4n) is 1.47. The molecule has 0 aliphatic carbocycles. The Morgan fingerprint density at radius 1 is 1.37 bits per heavy atom. The highest BCUT2D eigenvalue weighted by Crippen LogP contribution is 2.18. The van der Waals surface area contributed by atoms with Gasteiger partial charge in [0.2, 0.25) is 0 Å². The number of halogens is 2. The summed E-state index contributed by atoms with van der Waals surface area (Å²) in [5.74, 6) is 1.06. The molecule has 0 radical (unpaired) electrons. The lowest BCUT2D eigenvalue weighted by Gasteiger charge is -2.13. The Bertz CT molecular complexity index is 433. The predicted octanol–water partition coefficient (Wildman–Crippen LogP) is 3.30. The van der Waals surface area contributed by atoms with Crippen molar-refractivity contribution in [3.05, 3.63) is 34.1 Å². The van der Waals surface area contributed by atoms with Crippen molar-refractivity contribution >= 4 is 21.9 Å². The largest absolute Gasteiger partial charge is 0.357 e. The van der Waals surface area contributed by atoms with Crippen LogP contribution in [0, 0.1) is 11.7 Å². The van der Waals surface area contributed by atoms with E-state index in [0.29, 0.717) is 12.5 Å². The molecule has 0 fully saturated rings. The molecular weight excluding hydrogens is 309 g/mol. The Kier molecular flexibility index (Phi) is 6.84. The Labute approximate surface area is 122 Å². The molecular formula is C14H21BrFN3. The lowest BCUT2D eigenvalue weighted by atomic mass is 10.2. The molecule has 0 aliphatic rings. The zero-order valence-corrected chi connectivity index (χ0v) is 13.2. The normalized spacial score (nSPS) is 11.8. The van der Waals surface area contributed by atoms with Gasteiger partial charge in [0.1, 0.15) is 5.82 Å². The summed E-state index contributed by atoms with van der Waals surface area (Å²) in [6.07, 6.45) is 0. The van der Waals surface area contributed by atoms with Crippen LogP contribution in [-0.2, 0) is 6.54 Å². The maximum Gasteiger partial charge on any atom is 0.191 e. The molecule has 0 unspecified atom stereocenters. The number of aliphatic imine (C=N–C) groups is 1. The second-order valence-corrected chi connectivity index (χ2v) is 5.56. The molecule has 0 aliphatic heterocycles. The maximum atomic E-state index is 13.2. The number of guanidine groups is 1. The van der Waals surface area contributed by atoms with Crippen molar-refractivity contribution in [3.63, 3.8) is 0 Å². The van der Waals surface area contributed by atoms with Gasteiger partial charge >= 0.3 is 0 Å². The fraction of sp³-hybridized carbons (Fsp3) is 0.500. The smallest absolute Gasteiger partial charge is 0.191 e. The average molecular weight is 330 g/mol. The first-order valence-corrected chi connectivity index (χ1v) is 7.28. The van der Waals surface area contributed by atoms with Gasteiger partial charge in [-0.25, -0.2) is 9.38 Å². The van der Waals surface area contributed by atoms with E-state index in [1.54, 1.807) is 6.07 Å². The summed E-state index contributed by atoms with van der Waals surface area (Å²) in [5, 5.41) is 6.43. The van der Waals surface area contributed by atoms with Gasteiger partial charge in [0.25, 0.3) is 0 Å². The highest BCUT2D eigenvalue weighted by Gasteiger charge is 2.03. The van der Waals surface area contributed by atoms with Crippen LogP contribution in [-0.4, -0.2) is 19.0 Å². The summed E-state index contributed by atoms with van der Waals surface area (Å²) in [5.41, 5.74) is 0.835. The quantitative estimate of drug-likeness (QED) is 0.642. The number of nitrogens with zero attached hydrogens (tertiary/aromatic N) is 1. The monoisotopic (exact) mass is 329 g/mol. The molecule has 2 N–H and O–H groups in total. The minimum absolute atomic E-state index is 0.242. The van der Waals surface area contributed by atoms with E-state index in [-0.39, 0.29) is 5.82 Å². The third kappa shape index (κ3) is 6.05. The van der Waals surface area contributed by atoms with Gasteiger partial charge in [0.15, 0.2) is 5.96 Å². The molecule has 0 aromatic heterocycles. The van der Waals surface area contributed by atoms with Crippen molar-refractivity contribution in [2.24, 2.45) is 10.9 Å². The van der Waals surface area contributed by atoms with Gasteiger partial charge in [0.05, 0.1) is 6.54 Å². The molecule has 0 heterocycles. The first kappa shape index (κ1) is 16.0. The molecule has 0 amide bonds. The van der Waals surface area contributed by atoms with Crippen LogP contribution in [0.4, 0.5) is 4.39 Å². The van der Waals surface area contributed by atoms with Crippen LogP contribution in [0.1, 0.15) is 26.3 Å². The Hall–Kier alpha value is -1.10. The minimum atomic E-state index is -0.242. The van der Waals surface area contributed by atoms with Crippen molar-refractivity contribution in [1.29, 1.82) is 0 Å². The summed E-state index contributed by atoms with van der Waals surface area (Å²) in [7, 11) is 0. The molecule has 106 valence electrons. The Morgan fingerprint density at radius 2 is 2.11 bits per heavy atom. The van der Waals surface area contributed by atoms with Crippen LogP contribution < -0.4 is 10.6 Å². The van der Waals surface area contributed by atoms with E-state index in [1.807, 2.05) is 6.92 Å². The second kappa shape index (κ2) is 8.15. The maximum absolute atomic E-state index is 13.2. The van der Waals surface area contributed by atoms with Gasteiger partial charge in [-0.15, -0.1) is 0 Å². The number of nitrogens with one attached hydrogen (secondary N) is 2. The van der Waals surface area contributed by atoms with Crippen molar-refractivity contribution < 1.29 is 4.39 Å². The van der Waals surface area contributed by atoms with Crippen molar-refractivity contribution in [2.75, 3.05) is 13.1 Å². The summed E-state index contributed by atoms with van der Waals surface area (Å²) in [4.78, 5) is 4.46. The molecule has 3 nitrogen and oxygen atoms in total. The second-order valence-electron chi connectivity index (χ2n) is 4.71. The molecule has 1 aromatic carbocycles.